The average Bonchev–Trinajstić information content (AvgIpc) is 3.25. The van der Waals surface area contributed by atoms with E-state index in [0.717, 1.165) is 23.8 Å². The van der Waals surface area contributed by atoms with Crippen molar-refractivity contribution in [2.75, 3.05) is 31.6 Å². The number of hydrogen-bond donors (Lipinski definition) is 3. The van der Waals surface area contributed by atoms with Crippen LogP contribution in [-0.2, 0) is 24.3 Å². The molecule has 0 aromatic heterocycles. The second kappa shape index (κ2) is 8.17. The zero-order valence-electron chi connectivity index (χ0n) is 14.6. The highest BCUT2D eigenvalue weighted by atomic mass is 32.2. The van der Waals surface area contributed by atoms with Crippen molar-refractivity contribution in [3.63, 3.8) is 0 Å². The van der Waals surface area contributed by atoms with Crippen LogP contribution in [0.4, 0.5) is 5.69 Å². The summed E-state index contributed by atoms with van der Waals surface area (Å²) in [5.41, 5.74) is 0.534. The van der Waals surface area contributed by atoms with Crippen LogP contribution in [0.2, 0.25) is 0 Å². The molecule has 9 nitrogen and oxygen atoms in total. The summed E-state index contributed by atoms with van der Waals surface area (Å²) in [5.74, 6) is -1.04. The molecule has 0 aliphatic carbocycles. The van der Waals surface area contributed by atoms with E-state index in [9.17, 15) is 18.0 Å². The zero-order valence-corrected chi connectivity index (χ0v) is 15.4. The first-order chi connectivity index (χ1) is 12.9. The van der Waals surface area contributed by atoms with E-state index in [-0.39, 0.29) is 36.4 Å². The fourth-order valence-electron chi connectivity index (χ4n) is 2.87. The van der Waals surface area contributed by atoms with Gasteiger partial charge in [-0.1, -0.05) is 0 Å². The lowest BCUT2D eigenvalue weighted by molar-refractivity contribution is -0.137. The number of carbonyl (C=O) groups is 2. The second-order valence-electron chi connectivity index (χ2n) is 6.21. The summed E-state index contributed by atoms with van der Waals surface area (Å²) in [5, 5.41) is 11.7. The Hall–Kier alpha value is -2.27. The molecule has 2 heterocycles. The molecule has 0 saturated carbocycles. The van der Waals surface area contributed by atoms with E-state index in [0.29, 0.717) is 12.3 Å². The van der Waals surface area contributed by atoms with Gasteiger partial charge in [-0.3, -0.25) is 14.5 Å². The second-order valence-corrected chi connectivity index (χ2v) is 7.98. The molecule has 146 valence electrons. The molecule has 1 unspecified atom stereocenters. The van der Waals surface area contributed by atoms with Gasteiger partial charge < -0.3 is 15.2 Å². The molecule has 1 saturated heterocycles. The lowest BCUT2D eigenvalue weighted by Crippen LogP contribution is -2.34. The first-order valence-electron chi connectivity index (χ1n) is 8.57. The van der Waals surface area contributed by atoms with Gasteiger partial charge in [0.25, 0.3) is 11.8 Å². The molecule has 1 fully saturated rings. The number of anilines is 1. The normalized spacial score (nSPS) is 20.3. The van der Waals surface area contributed by atoms with Crippen LogP contribution < -0.4 is 10.0 Å². The van der Waals surface area contributed by atoms with Gasteiger partial charge in [0.1, 0.15) is 5.70 Å². The molecule has 27 heavy (non-hydrogen) atoms. The van der Waals surface area contributed by atoms with E-state index in [1.165, 1.54) is 24.3 Å². The Morgan fingerprint density at radius 1 is 1.22 bits per heavy atom. The third kappa shape index (κ3) is 4.53. The fraction of sp³-hybridized carbons (Fsp3) is 0.412. The van der Waals surface area contributed by atoms with Crippen LogP contribution in [0.15, 0.2) is 40.9 Å². The molecule has 0 spiro atoms. The van der Waals surface area contributed by atoms with Crippen LogP contribution in [-0.4, -0.2) is 62.6 Å². The number of aliphatic hydroxyl groups is 1. The minimum absolute atomic E-state index is 0.0700. The molecule has 1 aromatic rings. The number of aliphatic hydroxyl groups excluding tert-OH is 1. The quantitative estimate of drug-likeness (QED) is 0.521. The number of nitrogens with one attached hydrogen (secondary N) is 2. The Morgan fingerprint density at radius 2 is 1.96 bits per heavy atom. The van der Waals surface area contributed by atoms with E-state index in [1.54, 1.807) is 0 Å². The van der Waals surface area contributed by atoms with E-state index in [4.69, 9.17) is 9.84 Å². The maximum atomic E-state index is 12.3. The summed E-state index contributed by atoms with van der Waals surface area (Å²) in [6.07, 6.45) is 2.81. The Morgan fingerprint density at radius 3 is 2.59 bits per heavy atom. The third-order valence-corrected chi connectivity index (χ3v) is 5.74. The van der Waals surface area contributed by atoms with Gasteiger partial charge >= 0.3 is 0 Å². The Kier molecular flexibility index (Phi) is 5.90. The molecule has 2 aliphatic rings. The van der Waals surface area contributed by atoms with Gasteiger partial charge in [0.2, 0.25) is 10.0 Å². The lowest BCUT2D eigenvalue weighted by atomic mass is 10.2. The minimum Gasteiger partial charge on any atom is -0.395 e. The van der Waals surface area contributed by atoms with Gasteiger partial charge in [-0.2, -0.15) is 0 Å². The van der Waals surface area contributed by atoms with Crippen molar-refractivity contribution >= 4 is 27.5 Å². The van der Waals surface area contributed by atoms with Crippen LogP contribution in [0.25, 0.3) is 0 Å². The fourth-order valence-corrected chi connectivity index (χ4v) is 3.94. The van der Waals surface area contributed by atoms with Crippen LogP contribution >= 0.6 is 0 Å². The third-order valence-electron chi connectivity index (χ3n) is 4.30. The monoisotopic (exact) mass is 395 g/mol. The molecule has 0 radical (unpaired) electrons. The van der Waals surface area contributed by atoms with Gasteiger partial charge in [0.05, 0.1) is 24.2 Å². The highest BCUT2D eigenvalue weighted by molar-refractivity contribution is 7.89. The molecule has 1 atom stereocenters. The molecule has 2 aliphatic heterocycles. The molecular formula is C17H21N3O6S. The van der Waals surface area contributed by atoms with Crippen LogP contribution in [0.5, 0.6) is 0 Å². The molecule has 3 N–H and O–H groups in total. The number of rotatable bonds is 8. The Labute approximate surface area is 157 Å². The lowest BCUT2D eigenvalue weighted by Gasteiger charge is -2.14. The topological polar surface area (TPSA) is 125 Å². The number of imide groups is 1. The first kappa shape index (κ1) is 19.5. The van der Waals surface area contributed by atoms with Crippen LogP contribution in [0, 0.1) is 0 Å². The summed E-state index contributed by atoms with van der Waals surface area (Å²) in [4.78, 5) is 24.8. The van der Waals surface area contributed by atoms with Crippen molar-refractivity contribution in [3.8, 4) is 0 Å². The van der Waals surface area contributed by atoms with Crippen molar-refractivity contribution in [3.05, 3.63) is 36.0 Å². The highest BCUT2D eigenvalue weighted by Gasteiger charge is 2.30. The van der Waals surface area contributed by atoms with Crippen LogP contribution in [0.1, 0.15) is 12.8 Å². The van der Waals surface area contributed by atoms with E-state index < -0.39 is 21.8 Å². The molecule has 0 bridgehead atoms. The first-order valence-corrected chi connectivity index (χ1v) is 10.1. The number of ether oxygens (including phenoxy) is 1. The van der Waals surface area contributed by atoms with Crippen molar-refractivity contribution in [2.24, 2.45) is 0 Å². The van der Waals surface area contributed by atoms with Gasteiger partial charge in [-0.15, -0.1) is 0 Å². The molecule has 10 heteroatoms. The molecule has 3 rings (SSSR count). The zero-order chi connectivity index (χ0) is 19.4. The van der Waals surface area contributed by atoms with E-state index in [2.05, 4.69) is 10.0 Å². The van der Waals surface area contributed by atoms with Crippen molar-refractivity contribution in [2.45, 2.75) is 23.8 Å². The van der Waals surface area contributed by atoms with Gasteiger partial charge in [-0.05, 0) is 37.1 Å². The average molecular weight is 395 g/mol. The molecular weight excluding hydrogens is 374 g/mol. The predicted molar refractivity (Wildman–Crippen MR) is 96.1 cm³/mol. The number of sulfonamides is 1. The number of β-amino-alcohol motifs (C(OH)–C–C–N with tert-alkyl or cyclic N) is 1. The Bertz CT molecular complexity index is 844. The number of nitrogens with zero attached hydrogens (tertiary/aromatic N) is 1. The summed E-state index contributed by atoms with van der Waals surface area (Å²) in [7, 11) is -3.66. The summed E-state index contributed by atoms with van der Waals surface area (Å²) >= 11 is 0. The number of amides is 2. The van der Waals surface area contributed by atoms with Crippen molar-refractivity contribution < 1.29 is 27.9 Å². The van der Waals surface area contributed by atoms with E-state index in [1.807, 2.05) is 0 Å². The Balaban J connectivity index is 1.62. The minimum atomic E-state index is -3.66. The van der Waals surface area contributed by atoms with Gasteiger partial charge in [0.15, 0.2) is 0 Å². The smallest absolute Gasteiger partial charge is 0.277 e. The maximum Gasteiger partial charge on any atom is 0.277 e. The largest absolute Gasteiger partial charge is 0.395 e. The standard InChI is InChI=1S/C17H21N3O6S/c21-8-7-20-16(22)10-15(17(20)23)19-12-3-5-14(6-4-12)27(24,25)18-11-13-2-1-9-26-13/h3-6,10,13,18-19,21H,1-2,7-9,11H2. The predicted octanol–water partition coefficient (Wildman–Crippen LogP) is -0.199. The molecule has 1 aromatic carbocycles. The van der Waals surface area contributed by atoms with Gasteiger partial charge in [0, 0.05) is 24.9 Å². The van der Waals surface area contributed by atoms with Crippen molar-refractivity contribution in [1.29, 1.82) is 0 Å². The van der Waals surface area contributed by atoms with Gasteiger partial charge in [-0.25, -0.2) is 13.1 Å². The number of hydrogen-bond acceptors (Lipinski definition) is 7. The molecule has 2 amide bonds. The SMILES string of the molecule is O=C1C=C(Nc2ccc(S(=O)(=O)NCC3CCCO3)cc2)C(=O)N1CCO. The maximum absolute atomic E-state index is 12.3. The summed E-state index contributed by atoms with van der Waals surface area (Å²) in [6.45, 7) is 0.489. The van der Waals surface area contributed by atoms with Crippen LogP contribution in [0.3, 0.4) is 0 Å². The summed E-state index contributed by atoms with van der Waals surface area (Å²) in [6, 6.07) is 5.84. The highest BCUT2D eigenvalue weighted by Crippen LogP contribution is 2.19. The number of carbonyl (C=O) groups excluding carboxylic acids is 2. The van der Waals surface area contributed by atoms with E-state index >= 15 is 0 Å². The van der Waals surface area contributed by atoms with Crippen molar-refractivity contribution in [1.82, 2.24) is 9.62 Å². The number of benzene rings is 1. The summed E-state index contributed by atoms with van der Waals surface area (Å²) < 4.78 is 32.6.